The molecule has 33 heavy (non-hydrogen) atoms. The summed E-state index contributed by atoms with van der Waals surface area (Å²) in [6, 6.07) is 14.0. The van der Waals surface area contributed by atoms with Gasteiger partial charge in [-0.15, -0.1) is 37.2 Å². The van der Waals surface area contributed by atoms with Crippen molar-refractivity contribution in [3.05, 3.63) is 62.7 Å². The lowest BCUT2D eigenvalue weighted by Crippen LogP contribution is -2.27. The van der Waals surface area contributed by atoms with Crippen LogP contribution in [0.2, 0.25) is 0 Å². The van der Waals surface area contributed by atoms with Crippen molar-refractivity contribution in [3.8, 4) is 0 Å². The maximum Gasteiger partial charge on any atom is 0.135 e. The van der Waals surface area contributed by atoms with Crippen molar-refractivity contribution in [1.82, 2.24) is 15.6 Å². The highest BCUT2D eigenvalue weighted by molar-refractivity contribution is 9.11. The van der Waals surface area contributed by atoms with Crippen LogP contribution in [0.4, 0.5) is 5.69 Å². The number of nitrogens with one attached hydrogen (secondary N) is 4. The quantitative estimate of drug-likeness (QED) is 0.178. The topological polar surface area (TPSA) is 95.0 Å². The Labute approximate surface area is 230 Å². The number of nitrogens with two attached hydrogens (primary N) is 1. The number of carbonyl (C=O) groups excluding carboxylic acids is 1. The molecule has 1 aromatic heterocycles. The number of H-pyrrole nitrogens is 1. The van der Waals surface area contributed by atoms with Crippen LogP contribution >= 0.6 is 69.1 Å². The van der Waals surface area contributed by atoms with E-state index in [1.807, 2.05) is 24.3 Å². The molecule has 2 aliphatic rings. The lowest BCUT2D eigenvalue weighted by atomic mass is 10.1. The number of hydrazine groups is 1. The fourth-order valence-corrected chi connectivity index (χ4v) is 4.28. The van der Waals surface area contributed by atoms with E-state index in [1.54, 1.807) is 0 Å². The lowest BCUT2D eigenvalue weighted by molar-refractivity contribution is -0.119. The van der Waals surface area contributed by atoms with E-state index in [1.165, 1.54) is 22.2 Å². The molecule has 0 radical (unpaired) electrons. The first kappa shape index (κ1) is 32.2. The second kappa shape index (κ2) is 16.7. The van der Waals surface area contributed by atoms with Crippen LogP contribution < -0.4 is 21.9 Å². The molecule has 3 aromatic rings. The van der Waals surface area contributed by atoms with Crippen LogP contribution in [0.1, 0.15) is 24.1 Å². The average molecular weight is 647 g/mol. The van der Waals surface area contributed by atoms with Crippen LogP contribution in [0.15, 0.2) is 51.4 Å². The molecule has 2 aromatic carbocycles. The molecule has 0 aliphatic carbocycles. The van der Waals surface area contributed by atoms with Gasteiger partial charge in [-0.3, -0.25) is 10.6 Å². The minimum absolute atomic E-state index is 0. The van der Waals surface area contributed by atoms with E-state index in [-0.39, 0.29) is 37.2 Å². The summed E-state index contributed by atoms with van der Waals surface area (Å²) in [6.45, 7) is 3.85. The lowest BCUT2D eigenvalue weighted by Gasteiger charge is -2.12. The number of benzene rings is 2. The first-order chi connectivity index (χ1) is 14.6. The third-order valence-electron chi connectivity index (χ3n) is 5.02. The Morgan fingerprint density at radius 3 is 2.03 bits per heavy atom. The van der Waals surface area contributed by atoms with Crippen molar-refractivity contribution >= 4 is 91.5 Å². The molecular weight excluding hydrogens is 616 g/mol. The molecule has 0 saturated carbocycles. The molecule has 0 bridgehead atoms. The Balaban J connectivity index is 0.000000476. The first-order valence-corrected chi connectivity index (χ1v) is 11.6. The number of rotatable bonds is 1. The summed E-state index contributed by atoms with van der Waals surface area (Å²) in [4.78, 5) is 13.9. The van der Waals surface area contributed by atoms with E-state index in [2.05, 4.69) is 71.1 Å². The van der Waals surface area contributed by atoms with E-state index in [9.17, 15) is 4.79 Å². The van der Waals surface area contributed by atoms with E-state index >= 15 is 0 Å². The van der Waals surface area contributed by atoms with Gasteiger partial charge in [-0.25, -0.2) is 0 Å². The average Bonchev–Trinajstić information content (AvgIpc) is 3.16. The molecule has 1 fully saturated rings. The van der Waals surface area contributed by atoms with Gasteiger partial charge >= 0.3 is 0 Å². The van der Waals surface area contributed by atoms with Crippen molar-refractivity contribution in [1.29, 1.82) is 0 Å². The zero-order valence-corrected chi connectivity index (χ0v) is 23.6. The molecule has 1 saturated heterocycles. The highest BCUT2D eigenvalue weighted by Gasteiger charge is 2.15. The normalized spacial score (nSPS) is 14.0. The Morgan fingerprint density at radius 2 is 1.45 bits per heavy atom. The predicted octanol–water partition coefficient (Wildman–Crippen LogP) is 5.52. The van der Waals surface area contributed by atoms with Crippen LogP contribution in [-0.4, -0.2) is 30.4 Å². The summed E-state index contributed by atoms with van der Waals surface area (Å²) in [6.07, 6.45) is 2.58. The third-order valence-corrected chi connectivity index (χ3v) is 6.38. The molecule has 0 unspecified atom stereocenters. The van der Waals surface area contributed by atoms with Gasteiger partial charge in [-0.1, -0.05) is 24.3 Å². The number of hydrogen-bond donors (Lipinski definition) is 5. The summed E-state index contributed by atoms with van der Waals surface area (Å²) >= 11 is 6.89. The number of fused-ring (bicyclic) bond motifs is 3. The number of aromatic amines is 1. The van der Waals surface area contributed by atoms with Crippen molar-refractivity contribution < 1.29 is 4.79 Å². The molecule has 3 heterocycles. The first-order valence-electron chi connectivity index (χ1n) is 10.0. The van der Waals surface area contributed by atoms with Gasteiger partial charge in [0, 0.05) is 65.5 Å². The van der Waals surface area contributed by atoms with Crippen molar-refractivity contribution in [2.45, 2.75) is 25.8 Å². The van der Waals surface area contributed by atoms with Gasteiger partial charge in [-0.05, 0) is 55.6 Å². The summed E-state index contributed by atoms with van der Waals surface area (Å²) in [7, 11) is 0. The summed E-state index contributed by atoms with van der Waals surface area (Å²) in [5.74, 6) is 5.57. The second-order valence-electron chi connectivity index (χ2n) is 7.08. The number of anilines is 1. The van der Waals surface area contributed by atoms with Gasteiger partial charge in [-0.2, -0.15) is 0 Å². The maximum atomic E-state index is 10.4. The van der Waals surface area contributed by atoms with Crippen LogP contribution in [-0.2, 0) is 17.8 Å². The zero-order valence-electron chi connectivity index (χ0n) is 18.0. The molecule has 2 aliphatic heterocycles. The van der Waals surface area contributed by atoms with Gasteiger partial charge in [0.15, 0.2) is 0 Å². The number of hydrogen-bond acceptors (Lipinski definition) is 5. The Morgan fingerprint density at radius 1 is 0.818 bits per heavy atom. The van der Waals surface area contributed by atoms with Crippen LogP contribution in [0.25, 0.3) is 10.9 Å². The minimum Gasteiger partial charge on any atom is -0.357 e. The molecule has 0 atom stereocenters. The molecule has 5 rings (SSSR count). The maximum absolute atomic E-state index is 10.4. The number of nitrogen functional groups attached to an aromatic ring is 1. The van der Waals surface area contributed by atoms with Gasteiger partial charge in [0.25, 0.3) is 0 Å². The standard InChI is InChI=1S/C11H11BrN2.C6H7BrN2.C5H9NO.3ClH/c12-9-3-1-2-7-8-6-13-5-4-10(8)14-11(7)9;7-5-3-1-2-4-6(5)9-8;7-5-1-3-6-4-2-5;;;/h1-3,13-14H,4-6H2;1-4,9H,8H2;6H,1-4H2;3*1H. The largest absolute Gasteiger partial charge is 0.357 e. The number of piperidine rings is 1. The SMILES string of the molecule is Brc1cccc2c3c([nH]c12)CCNC3.Cl.Cl.Cl.NNc1ccccc1Br.O=C1CCNCC1. The Hall–Kier alpha value is -0.840. The highest BCUT2D eigenvalue weighted by Crippen LogP contribution is 2.29. The fraction of sp³-hybridized carbons (Fsp3) is 0.318. The Kier molecular flexibility index (Phi) is 16.3. The van der Waals surface area contributed by atoms with Crippen LogP contribution in [0.3, 0.4) is 0 Å². The van der Waals surface area contributed by atoms with Crippen molar-refractivity contribution in [3.63, 3.8) is 0 Å². The van der Waals surface area contributed by atoms with Crippen LogP contribution in [0.5, 0.6) is 0 Å². The Bertz CT molecular complexity index is 995. The van der Waals surface area contributed by atoms with E-state index in [0.717, 1.165) is 60.1 Å². The summed E-state index contributed by atoms with van der Waals surface area (Å²) < 4.78 is 2.14. The predicted molar refractivity (Wildman–Crippen MR) is 152 cm³/mol. The number of Topliss-reactive ketones (excluding diaryl/α,β-unsaturated/α-hetero) is 1. The summed E-state index contributed by atoms with van der Waals surface area (Å²) in [5, 5.41) is 7.85. The molecule has 0 amide bonds. The zero-order chi connectivity index (χ0) is 21.3. The van der Waals surface area contributed by atoms with Crippen molar-refractivity contribution in [2.24, 2.45) is 5.84 Å². The molecule has 6 N–H and O–H groups in total. The number of aromatic nitrogens is 1. The number of para-hydroxylation sites is 2. The highest BCUT2D eigenvalue weighted by atomic mass is 79.9. The third kappa shape index (κ3) is 9.38. The van der Waals surface area contributed by atoms with E-state index in [4.69, 9.17) is 5.84 Å². The number of carbonyl (C=O) groups is 1. The minimum atomic E-state index is 0. The van der Waals surface area contributed by atoms with Gasteiger partial charge < -0.3 is 21.0 Å². The van der Waals surface area contributed by atoms with E-state index < -0.39 is 0 Å². The molecule has 6 nitrogen and oxygen atoms in total. The van der Waals surface area contributed by atoms with Crippen LogP contribution in [0, 0.1) is 0 Å². The second-order valence-corrected chi connectivity index (χ2v) is 8.79. The van der Waals surface area contributed by atoms with Gasteiger partial charge in [0.1, 0.15) is 5.78 Å². The monoisotopic (exact) mass is 643 g/mol. The van der Waals surface area contributed by atoms with Gasteiger partial charge in [0.05, 0.1) is 11.2 Å². The van der Waals surface area contributed by atoms with E-state index in [0.29, 0.717) is 5.78 Å². The molecule has 0 spiro atoms. The number of ketones is 1. The molecule has 184 valence electrons. The fourth-order valence-electron chi connectivity index (χ4n) is 3.42. The number of halogens is 5. The van der Waals surface area contributed by atoms with Gasteiger partial charge in [0.2, 0.25) is 0 Å². The molecular formula is C22H30Br2Cl3N5O. The smallest absolute Gasteiger partial charge is 0.135 e. The summed E-state index contributed by atoms with van der Waals surface area (Å²) in [5.41, 5.74) is 7.52. The molecule has 11 heteroatoms. The van der Waals surface area contributed by atoms with Crippen molar-refractivity contribution in [2.75, 3.05) is 25.1 Å².